The summed E-state index contributed by atoms with van der Waals surface area (Å²) in [5.41, 5.74) is 1.63. The second kappa shape index (κ2) is 6.27. The van der Waals surface area contributed by atoms with Gasteiger partial charge in [0, 0.05) is 15.6 Å². The first-order valence-electron chi connectivity index (χ1n) is 7.19. The minimum Gasteiger partial charge on any atom is -0.326 e. The van der Waals surface area contributed by atoms with Crippen LogP contribution in [-0.4, -0.2) is 19.0 Å². The number of halogens is 1. The Morgan fingerprint density at radius 1 is 1.40 bits per heavy atom. The van der Waals surface area contributed by atoms with E-state index in [1.54, 1.807) is 0 Å². The van der Waals surface area contributed by atoms with Gasteiger partial charge >= 0.3 is 0 Å². The van der Waals surface area contributed by atoms with Gasteiger partial charge in [0.2, 0.25) is 5.91 Å². The molecule has 3 nitrogen and oxygen atoms in total. The molecule has 0 aromatic heterocycles. The van der Waals surface area contributed by atoms with Gasteiger partial charge in [-0.3, -0.25) is 4.79 Å². The summed E-state index contributed by atoms with van der Waals surface area (Å²) in [6.45, 7) is 8.11. The summed E-state index contributed by atoms with van der Waals surface area (Å²) in [7, 11) is 0. The van der Waals surface area contributed by atoms with E-state index in [2.05, 4.69) is 26.6 Å². The zero-order valence-corrected chi connectivity index (χ0v) is 14.0. The normalized spacial score (nSPS) is 19.7. The van der Waals surface area contributed by atoms with Crippen molar-refractivity contribution in [1.29, 1.82) is 0 Å². The molecule has 1 aromatic rings. The molecule has 1 atom stereocenters. The highest BCUT2D eigenvalue weighted by Crippen LogP contribution is 2.33. The standard InChI is InChI=1S/C16H23BrN2O/c1-11-7-13(17)9-14(8-11)19-15(20)16(2,3)12-5-4-6-18-10-12/h7-9,12,18H,4-6,10H2,1-3H3,(H,19,20). The molecule has 0 saturated carbocycles. The zero-order valence-electron chi connectivity index (χ0n) is 12.4. The lowest BCUT2D eigenvalue weighted by Crippen LogP contribution is -2.44. The molecule has 2 N–H and O–H groups in total. The van der Waals surface area contributed by atoms with Gasteiger partial charge in [-0.05, 0) is 62.5 Å². The predicted octanol–water partition coefficient (Wildman–Crippen LogP) is 3.72. The molecular formula is C16H23BrN2O. The Bertz CT molecular complexity index is 473. The number of anilines is 1. The second-order valence-corrected chi connectivity index (χ2v) is 7.15. The first kappa shape index (κ1) is 15.5. The third kappa shape index (κ3) is 3.61. The Balaban J connectivity index is 2.09. The lowest BCUT2D eigenvalue weighted by molar-refractivity contribution is -0.127. The van der Waals surface area contributed by atoms with Crippen LogP contribution in [0.15, 0.2) is 22.7 Å². The Morgan fingerprint density at radius 2 is 2.15 bits per heavy atom. The fourth-order valence-corrected chi connectivity index (χ4v) is 3.36. The molecule has 0 bridgehead atoms. The van der Waals surface area contributed by atoms with E-state index in [4.69, 9.17) is 0 Å². The molecule has 1 aliphatic rings. The van der Waals surface area contributed by atoms with Crippen molar-refractivity contribution in [3.05, 3.63) is 28.2 Å². The van der Waals surface area contributed by atoms with E-state index in [9.17, 15) is 4.79 Å². The van der Waals surface area contributed by atoms with Crippen LogP contribution in [0.4, 0.5) is 5.69 Å². The highest BCUT2D eigenvalue weighted by Gasteiger charge is 2.37. The van der Waals surface area contributed by atoms with Crippen LogP contribution in [0, 0.1) is 18.3 Å². The third-order valence-electron chi connectivity index (χ3n) is 4.20. The van der Waals surface area contributed by atoms with Gasteiger partial charge in [0.15, 0.2) is 0 Å². The molecule has 110 valence electrons. The molecule has 1 saturated heterocycles. The van der Waals surface area contributed by atoms with E-state index in [-0.39, 0.29) is 11.3 Å². The predicted molar refractivity (Wildman–Crippen MR) is 86.9 cm³/mol. The lowest BCUT2D eigenvalue weighted by atomic mass is 9.74. The number of hydrogen-bond donors (Lipinski definition) is 2. The summed E-state index contributed by atoms with van der Waals surface area (Å²) in [6.07, 6.45) is 2.27. The largest absolute Gasteiger partial charge is 0.326 e. The van der Waals surface area contributed by atoms with E-state index in [1.165, 1.54) is 0 Å². The van der Waals surface area contributed by atoms with Crippen LogP contribution >= 0.6 is 15.9 Å². The number of carbonyl (C=O) groups excluding carboxylic acids is 1. The topological polar surface area (TPSA) is 41.1 Å². The van der Waals surface area contributed by atoms with Crippen LogP contribution in [0.2, 0.25) is 0 Å². The molecule has 0 aliphatic carbocycles. The van der Waals surface area contributed by atoms with Gasteiger partial charge in [-0.25, -0.2) is 0 Å². The van der Waals surface area contributed by atoms with Gasteiger partial charge in [0.05, 0.1) is 0 Å². The smallest absolute Gasteiger partial charge is 0.230 e. The van der Waals surface area contributed by atoms with Crippen molar-refractivity contribution < 1.29 is 4.79 Å². The van der Waals surface area contributed by atoms with Crippen molar-refractivity contribution >= 4 is 27.5 Å². The maximum Gasteiger partial charge on any atom is 0.230 e. The van der Waals surface area contributed by atoms with Gasteiger partial charge in [-0.1, -0.05) is 29.8 Å². The SMILES string of the molecule is Cc1cc(Br)cc(NC(=O)C(C)(C)C2CCCNC2)c1. The van der Waals surface area contributed by atoms with Crippen molar-refractivity contribution in [2.45, 2.75) is 33.6 Å². The van der Waals surface area contributed by atoms with Gasteiger partial charge in [0.1, 0.15) is 0 Å². The van der Waals surface area contributed by atoms with Crippen LogP contribution in [0.5, 0.6) is 0 Å². The van der Waals surface area contributed by atoms with Crippen molar-refractivity contribution in [3.8, 4) is 0 Å². The summed E-state index contributed by atoms with van der Waals surface area (Å²) in [5.74, 6) is 0.494. The molecule has 2 rings (SSSR count). The maximum absolute atomic E-state index is 12.6. The fraction of sp³-hybridized carbons (Fsp3) is 0.562. The molecule has 1 amide bonds. The van der Waals surface area contributed by atoms with E-state index < -0.39 is 0 Å². The third-order valence-corrected chi connectivity index (χ3v) is 4.66. The molecule has 1 aromatic carbocycles. The van der Waals surface area contributed by atoms with Crippen molar-refractivity contribution in [3.63, 3.8) is 0 Å². The monoisotopic (exact) mass is 338 g/mol. The van der Waals surface area contributed by atoms with Crippen molar-refractivity contribution in [2.75, 3.05) is 18.4 Å². The van der Waals surface area contributed by atoms with E-state index in [0.29, 0.717) is 5.92 Å². The Hall–Kier alpha value is -0.870. The zero-order chi connectivity index (χ0) is 14.8. The summed E-state index contributed by atoms with van der Waals surface area (Å²) in [4.78, 5) is 12.6. The molecule has 1 unspecified atom stereocenters. The van der Waals surface area contributed by atoms with Crippen LogP contribution < -0.4 is 10.6 Å². The van der Waals surface area contributed by atoms with Gasteiger partial charge in [-0.15, -0.1) is 0 Å². The molecule has 1 heterocycles. The molecule has 4 heteroatoms. The van der Waals surface area contributed by atoms with Crippen LogP contribution in [-0.2, 0) is 4.79 Å². The second-order valence-electron chi connectivity index (χ2n) is 6.24. The first-order valence-corrected chi connectivity index (χ1v) is 7.98. The summed E-state index contributed by atoms with van der Waals surface area (Å²) >= 11 is 3.47. The number of amides is 1. The van der Waals surface area contributed by atoms with E-state index in [1.807, 2.05) is 39.0 Å². The van der Waals surface area contributed by atoms with Gasteiger partial charge < -0.3 is 10.6 Å². The Kier molecular flexibility index (Phi) is 4.86. The number of aryl methyl sites for hydroxylation is 1. The van der Waals surface area contributed by atoms with Gasteiger partial charge in [-0.2, -0.15) is 0 Å². The quantitative estimate of drug-likeness (QED) is 0.881. The Labute approximate surface area is 129 Å². The van der Waals surface area contributed by atoms with E-state index >= 15 is 0 Å². The fourth-order valence-electron chi connectivity index (χ4n) is 2.75. The minimum absolute atomic E-state index is 0.101. The lowest BCUT2D eigenvalue weighted by Gasteiger charge is -2.36. The minimum atomic E-state index is -0.357. The number of carbonyl (C=O) groups is 1. The van der Waals surface area contributed by atoms with Crippen LogP contribution in [0.3, 0.4) is 0 Å². The molecular weight excluding hydrogens is 316 g/mol. The molecule has 1 fully saturated rings. The average Bonchev–Trinajstić information content (AvgIpc) is 2.38. The highest BCUT2D eigenvalue weighted by molar-refractivity contribution is 9.10. The van der Waals surface area contributed by atoms with Crippen LogP contribution in [0.1, 0.15) is 32.3 Å². The van der Waals surface area contributed by atoms with Crippen LogP contribution in [0.25, 0.3) is 0 Å². The maximum atomic E-state index is 12.6. The van der Waals surface area contributed by atoms with E-state index in [0.717, 1.165) is 41.7 Å². The Morgan fingerprint density at radius 3 is 2.75 bits per heavy atom. The summed E-state index contributed by atoms with van der Waals surface area (Å²) in [6, 6.07) is 5.98. The van der Waals surface area contributed by atoms with Crippen molar-refractivity contribution in [2.24, 2.45) is 11.3 Å². The molecule has 20 heavy (non-hydrogen) atoms. The highest BCUT2D eigenvalue weighted by atomic mass is 79.9. The molecule has 0 radical (unpaired) electrons. The van der Waals surface area contributed by atoms with Crippen molar-refractivity contribution in [1.82, 2.24) is 5.32 Å². The first-order chi connectivity index (χ1) is 9.39. The molecule has 1 aliphatic heterocycles. The number of nitrogens with one attached hydrogen (secondary N) is 2. The molecule has 0 spiro atoms. The number of hydrogen-bond acceptors (Lipinski definition) is 2. The van der Waals surface area contributed by atoms with Gasteiger partial charge in [0.25, 0.3) is 0 Å². The number of benzene rings is 1. The summed E-state index contributed by atoms with van der Waals surface area (Å²) in [5, 5.41) is 6.45. The average molecular weight is 339 g/mol. The number of piperidine rings is 1. The summed E-state index contributed by atoms with van der Waals surface area (Å²) < 4.78 is 0.991. The number of rotatable bonds is 3.